The largest absolute Gasteiger partial charge is 0.483 e. The summed E-state index contributed by atoms with van der Waals surface area (Å²) in [7, 11) is 0. The molecule has 4 aliphatic carbocycles. The van der Waals surface area contributed by atoms with Gasteiger partial charge in [0.1, 0.15) is 29.3 Å². The highest BCUT2D eigenvalue weighted by atomic mass is 16.6. The number of esters is 2. The van der Waals surface area contributed by atoms with E-state index in [-0.39, 0.29) is 53.0 Å². The molecule has 0 saturated heterocycles. The molecule has 4 saturated carbocycles. The van der Waals surface area contributed by atoms with Crippen molar-refractivity contribution in [3.8, 4) is 17.1 Å². The van der Waals surface area contributed by atoms with Crippen LogP contribution in [-0.4, -0.2) is 34.7 Å². The quantitative estimate of drug-likeness (QED) is 0.476. The Balaban J connectivity index is 1.26. The van der Waals surface area contributed by atoms with E-state index in [1.165, 1.54) is 0 Å². The molecule has 0 spiro atoms. The molecule has 0 aromatic carbocycles. The van der Waals surface area contributed by atoms with Crippen molar-refractivity contribution in [3.63, 3.8) is 0 Å². The highest BCUT2D eigenvalue weighted by Gasteiger charge is 2.65. The number of pyridine rings is 1. The first-order valence-corrected chi connectivity index (χ1v) is 14.8. The first-order valence-electron chi connectivity index (χ1n) is 14.8. The van der Waals surface area contributed by atoms with Crippen molar-refractivity contribution in [1.82, 2.24) is 4.98 Å². The summed E-state index contributed by atoms with van der Waals surface area (Å²) >= 11 is 0. The molecule has 5 aliphatic rings. The van der Waals surface area contributed by atoms with Gasteiger partial charge in [-0.2, -0.15) is 0 Å². The van der Waals surface area contributed by atoms with Crippen LogP contribution < -0.4 is 10.4 Å². The van der Waals surface area contributed by atoms with E-state index in [2.05, 4.69) is 25.8 Å². The number of ether oxygens (including phenoxy) is 3. The molecule has 1 aliphatic heterocycles. The Bertz CT molecular complexity index is 1400. The Hall–Kier alpha value is -3.16. The molecule has 0 radical (unpaired) electrons. The van der Waals surface area contributed by atoms with E-state index < -0.39 is 17.3 Å². The molecule has 2 aromatic heterocycles. The van der Waals surface area contributed by atoms with E-state index in [9.17, 15) is 14.4 Å². The SMILES string of the molecule is C[C@@H]1C2C[C@H](OC(=O)C3CC3)[C@@]3(C)Oc4cc(-c5cccnc5)oc(=O)c4CC3[C@@]2(C)CC[C@@H]1OC(=O)C1CC1. The zero-order valence-electron chi connectivity index (χ0n) is 23.4. The Morgan fingerprint density at radius 1 is 1.05 bits per heavy atom. The third kappa shape index (κ3) is 4.17. The highest BCUT2D eigenvalue weighted by molar-refractivity contribution is 5.75. The van der Waals surface area contributed by atoms with Crippen LogP contribution in [0.1, 0.15) is 71.3 Å². The molecule has 3 heterocycles. The minimum absolute atomic E-state index is 0.0357. The molecule has 212 valence electrons. The van der Waals surface area contributed by atoms with Gasteiger partial charge >= 0.3 is 17.6 Å². The van der Waals surface area contributed by atoms with Crippen LogP contribution in [-0.2, 0) is 25.5 Å². The summed E-state index contributed by atoms with van der Waals surface area (Å²) in [4.78, 5) is 43.1. The molecule has 0 N–H and O–H groups in total. The normalized spacial score (nSPS) is 36.3. The second kappa shape index (κ2) is 9.18. The van der Waals surface area contributed by atoms with E-state index in [1.54, 1.807) is 24.5 Å². The Morgan fingerprint density at radius 2 is 1.77 bits per heavy atom. The van der Waals surface area contributed by atoms with Crippen molar-refractivity contribution in [1.29, 1.82) is 0 Å². The highest BCUT2D eigenvalue weighted by Crippen LogP contribution is 2.62. The third-order valence-electron chi connectivity index (χ3n) is 10.7. The van der Waals surface area contributed by atoms with Crippen LogP contribution in [0.3, 0.4) is 0 Å². The summed E-state index contributed by atoms with van der Waals surface area (Å²) in [6.07, 6.45) is 8.97. The van der Waals surface area contributed by atoms with Gasteiger partial charge in [0.05, 0.1) is 17.4 Å². The fraction of sp³-hybridized carbons (Fsp3) is 0.625. The molecular weight excluding hydrogens is 510 g/mol. The molecule has 0 amide bonds. The number of hydrogen-bond acceptors (Lipinski definition) is 8. The van der Waals surface area contributed by atoms with Gasteiger partial charge in [0.2, 0.25) is 0 Å². The van der Waals surface area contributed by atoms with Crippen LogP contribution in [0.2, 0.25) is 0 Å². The number of fused-ring (bicyclic) bond motifs is 4. The van der Waals surface area contributed by atoms with Crippen molar-refractivity contribution in [3.05, 3.63) is 46.6 Å². The maximum Gasteiger partial charge on any atom is 0.343 e. The van der Waals surface area contributed by atoms with E-state index in [4.69, 9.17) is 18.6 Å². The fourth-order valence-corrected chi connectivity index (χ4v) is 7.91. The number of carbonyl (C=O) groups excluding carboxylic acids is 2. The Morgan fingerprint density at radius 3 is 2.45 bits per heavy atom. The lowest BCUT2D eigenvalue weighted by molar-refractivity contribution is -0.228. The van der Waals surface area contributed by atoms with Gasteiger partial charge < -0.3 is 18.6 Å². The second-order valence-electron chi connectivity index (χ2n) is 13.2. The predicted octanol–water partition coefficient (Wildman–Crippen LogP) is 5.11. The first-order chi connectivity index (χ1) is 19.2. The summed E-state index contributed by atoms with van der Waals surface area (Å²) in [6, 6.07) is 5.41. The topological polar surface area (TPSA) is 105 Å². The van der Waals surface area contributed by atoms with Crippen molar-refractivity contribution in [2.24, 2.45) is 35.0 Å². The van der Waals surface area contributed by atoms with Crippen molar-refractivity contribution in [2.45, 2.75) is 89.9 Å². The van der Waals surface area contributed by atoms with Crippen LogP contribution >= 0.6 is 0 Å². The van der Waals surface area contributed by atoms with Gasteiger partial charge in [0.25, 0.3) is 0 Å². The molecule has 2 unspecified atom stereocenters. The lowest BCUT2D eigenvalue weighted by Crippen LogP contribution is -2.68. The number of aromatic nitrogens is 1. The fourth-order valence-electron chi connectivity index (χ4n) is 7.91. The smallest absolute Gasteiger partial charge is 0.343 e. The Kier molecular flexibility index (Phi) is 5.92. The maximum absolute atomic E-state index is 13.4. The standard InChI is InChI=1S/C32H37NO7/c1-17-22-14-27(39-29(35)19-8-9-19)32(3)26(31(22,2)11-10-23(17)37-28(34)18-6-7-18)13-21-25(40-32)15-24(38-30(21)36)20-5-4-12-33-16-20/h4-5,12,15-19,22-23,26-27H,6-11,13-14H2,1-3H3/t17-,22?,23+,26?,27+,31+,32+/m1/s1. The number of carbonyl (C=O) groups is 2. The van der Waals surface area contributed by atoms with Crippen LogP contribution in [0.15, 0.2) is 39.8 Å². The van der Waals surface area contributed by atoms with Gasteiger partial charge in [-0.1, -0.05) is 13.8 Å². The molecular formula is C32H37NO7. The average molecular weight is 548 g/mol. The molecule has 2 aromatic rings. The van der Waals surface area contributed by atoms with Gasteiger partial charge in [0, 0.05) is 29.9 Å². The summed E-state index contributed by atoms with van der Waals surface area (Å²) in [6.45, 7) is 6.51. The monoisotopic (exact) mass is 547 g/mol. The van der Waals surface area contributed by atoms with Crippen LogP contribution in [0.4, 0.5) is 0 Å². The molecule has 8 heteroatoms. The third-order valence-corrected chi connectivity index (χ3v) is 10.7. The number of nitrogens with zero attached hydrogens (tertiary/aromatic N) is 1. The van der Waals surface area contributed by atoms with Gasteiger partial charge in [0.15, 0.2) is 0 Å². The summed E-state index contributed by atoms with van der Waals surface area (Å²) in [5, 5.41) is 0. The zero-order chi connectivity index (χ0) is 27.8. The van der Waals surface area contributed by atoms with E-state index in [0.29, 0.717) is 35.5 Å². The average Bonchev–Trinajstić information content (AvgIpc) is 3.84. The molecule has 40 heavy (non-hydrogen) atoms. The van der Waals surface area contributed by atoms with Crippen LogP contribution in [0.5, 0.6) is 5.75 Å². The molecule has 8 nitrogen and oxygen atoms in total. The van der Waals surface area contributed by atoms with Gasteiger partial charge in [-0.15, -0.1) is 0 Å². The second-order valence-corrected chi connectivity index (χ2v) is 13.2. The lowest BCUT2D eigenvalue weighted by Gasteiger charge is -2.63. The van der Waals surface area contributed by atoms with E-state index in [1.807, 2.05) is 6.07 Å². The van der Waals surface area contributed by atoms with Gasteiger partial charge in [-0.25, -0.2) is 4.79 Å². The Labute approximate surface area is 233 Å². The molecule has 0 bridgehead atoms. The number of hydrogen-bond donors (Lipinski definition) is 0. The van der Waals surface area contributed by atoms with Gasteiger partial charge in [-0.3, -0.25) is 14.6 Å². The number of rotatable bonds is 5. The van der Waals surface area contributed by atoms with Gasteiger partial charge in [-0.05, 0) is 87.7 Å². The van der Waals surface area contributed by atoms with Crippen molar-refractivity contribution >= 4 is 11.9 Å². The maximum atomic E-state index is 13.4. The van der Waals surface area contributed by atoms with Crippen molar-refractivity contribution in [2.75, 3.05) is 0 Å². The van der Waals surface area contributed by atoms with E-state index in [0.717, 1.165) is 38.5 Å². The first kappa shape index (κ1) is 25.8. The molecule has 4 fully saturated rings. The molecule has 7 rings (SSSR count). The summed E-state index contributed by atoms with van der Waals surface area (Å²) < 4.78 is 24.9. The predicted molar refractivity (Wildman–Crippen MR) is 144 cm³/mol. The van der Waals surface area contributed by atoms with Crippen LogP contribution in [0.25, 0.3) is 11.3 Å². The zero-order valence-corrected chi connectivity index (χ0v) is 23.4. The van der Waals surface area contributed by atoms with Crippen LogP contribution in [0, 0.1) is 35.0 Å². The minimum atomic E-state index is -0.819. The lowest BCUT2D eigenvalue weighted by atomic mass is 9.46. The molecule has 7 atom stereocenters. The summed E-state index contributed by atoms with van der Waals surface area (Å²) in [5.41, 5.74) is -0.209. The summed E-state index contributed by atoms with van der Waals surface area (Å²) in [5.74, 6) is 0.826. The van der Waals surface area contributed by atoms with Crippen molar-refractivity contribution < 1.29 is 28.2 Å². The minimum Gasteiger partial charge on any atom is -0.483 e. The van der Waals surface area contributed by atoms with E-state index >= 15 is 0 Å².